The topological polar surface area (TPSA) is 91.3 Å². The van der Waals surface area contributed by atoms with Gasteiger partial charge in [-0.2, -0.15) is 0 Å². The Morgan fingerprint density at radius 1 is 0.929 bits per heavy atom. The summed E-state index contributed by atoms with van der Waals surface area (Å²) in [5.41, 5.74) is 0. The van der Waals surface area contributed by atoms with Crippen molar-refractivity contribution >= 4 is 20.0 Å². The van der Waals surface area contributed by atoms with Gasteiger partial charge in [-0.1, -0.05) is 6.42 Å². The quantitative estimate of drug-likeness (QED) is 0.274. The molecule has 0 heterocycles. The summed E-state index contributed by atoms with van der Waals surface area (Å²) < 4.78 is 51.6. The molecule has 0 rings (SSSR count). The van der Waals surface area contributed by atoms with Gasteiger partial charge in [0.1, 0.15) is 9.84 Å². The van der Waals surface area contributed by atoms with Crippen molar-refractivity contribution in [2.75, 3.05) is 17.8 Å². The van der Waals surface area contributed by atoms with Gasteiger partial charge >= 0.3 is 18.9 Å². The Morgan fingerprint density at radius 2 is 1.36 bits per heavy atom. The van der Waals surface area contributed by atoms with Gasteiger partial charge in [0.15, 0.2) is 0 Å². The maximum Gasteiger partial charge on any atom is 1.00 e. The second-order valence-electron chi connectivity index (χ2n) is 2.95. The second kappa shape index (κ2) is 6.85. The van der Waals surface area contributed by atoms with E-state index in [1.165, 1.54) is 0 Å². The fourth-order valence-corrected chi connectivity index (χ4v) is 2.11. The molecule has 0 saturated heterocycles. The Hall–Kier alpha value is 0.457. The fraction of sp³-hybridized carbons (Fsp3) is 1.00. The largest absolute Gasteiger partial charge is 1.00 e. The summed E-state index contributed by atoms with van der Waals surface area (Å²) in [6.45, 7) is 0. The van der Waals surface area contributed by atoms with Crippen LogP contribution in [0.2, 0.25) is 0 Å². The van der Waals surface area contributed by atoms with Crippen LogP contribution in [0.4, 0.5) is 0 Å². The van der Waals surface area contributed by atoms with Gasteiger partial charge in [-0.3, -0.25) is 0 Å². The van der Waals surface area contributed by atoms with Gasteiger partial charge in [0.05, 0.1) is 10.1 Å². The van der Waals surface area contributed by atoms with Gasteiger partial charge in [-0.15, -0.1) is 0 Å². The third-order valence-electron chi connectivity index (χ3n) is 1.41. The summed E-state index contributed by atoms with van der Waals surface area (Å²) in [6, 6.07) is 0. The van der Waals surface area contributed by atoms with Gasteiger partial charge in [-0.05, 0) is 12.8 Å². The Kier molecular flexibility index (Phi) is 8.26. The summed E-state index contributed by atoms with van der Waals surface area (Å²) in [5, 5.41) is 0. The molecule has 0 atom stereocenters. The van der Waals surface area contributed by atoms with Crippen LogP contribution in [0.5, 0.6) is 0 Å². The fourth-order valence-electron chi connectivity index (χ4n) is 0.820. The van der Waals surface area contributed by atoms with E-state index in [0.717, 1.165) is 6.26 Å². The predicted octanol–water partition coefficient (Wildman–Crippen LogP) is -3.25. The first-order chi connectivity index (χ1) is 5.71. The first-order valence-corrected chi connectivity index (χ1v) is 7.46. The van der Waals surface area contributed by atoms with E-state index >= 15 is 0 Å². The predicted molar refractivity (Wildman–Crippen MR) is 48.1 cm³/mol. The van der Waals surface area contributed by atoms with Crippen molar-refractivity contribution in [2.45, 2.75) is 19.3 Å². The van der Waals surface area contributed by atoms with E-state index in [0.29, 0.717) is 12.8 Å². The van der Waals surface area contributed by atoms with E-state index in [1.54, 1.807) is 0 Å². The van der Waals surface area contributed by atoms with Crippen LogP contribution in [0.25, 0.3) is 0 Å². The minimum absolute atomic E-state index is 0. The third-order valence-corrected chi connectivity index (χ3v) is 3.23. The molecule has 0 bridgehead atoms. The van der Waals surface area contributed by atoms with Gasteiger partial charge < -0.3 is 4.55 Å². The standard InChI is InChI=1S/C6H14O5S2.Li/c1-12(7,8)5-3-2-4-6-13(9,10)11;/h2-6H2,1H3,(H,9,10,11);/q;+1/p-1. The Balaban J connectivity index is 0. The van der Waals surface area contributed by atoms with Crippen molar-refractivity contribution in [1.82, 2.24) is 0 Å². The molecule has 0 unspecified atom stereocenters. The van der Waals surface area contributed by atoms with Crippen LogP contribution in [0, 0.1) is 0 Å². The van der Waals surface area contributed by atoms with Crippen LogP contribution >= 0.6 is 0 Å². The van der Waals surface area contributed by atoms with Crippen LogP contribution in [0.1, 0.15) is 19.3 Å². The van der Waals surface area contributed by atoms with Crippen molar-refractivity contribution in [2.24, 2.45) is 0 Å². The van der Waals surface area contributed by atoms with E-state index in [1.807, 2.05) is 0 Å². The molecule has 0 radical (unpaired) electrons. The molecule has 8 heteroatoms. The third kappa shape index (κ3) is 15.0. The first kappa shape index (κ1) is 16.9. The summed E-state index contributed by atoms with van der Waals surface area (Å²) in [7, 11) is -7.11. The second-order valence-corrected chi connectivity index (χ2v) is 6.74. The number of unbranched alkanes of at least 4 members (excludes halogenated alkanes) is 2. The van der Waals surface area contributed by atoms with Crippen LogP contribution in [0.15, 0.2) is 0 Å². The van der Waals surface area contributed by atoms with Crippen molar-refractivity contribution in [3.05, 3.63) is 0 Å². The SMILES string of the molecule is CS(=O)(=O)CCCCCS(=O)(=O)[O-].[Li+]. The molecular formula is C6H13LiO5S2. The summed E-state index contributed by atoms with van der Waals surface area (Å²) in [6.07, 6.45) is 2.22. The molecule has 0 fully saturated rings. The zero-order valence-electron chi connectivity index (χ0n) is 8.39. The maximum atomic E-state index is 10.6. The van der Waals surface area contributed by atoms with Crippen LogP contribution in [0.3, 0.4) is 0 Å². The van der Waals surface area contributed by atoms with Gasteiger partial charge in [-0.25, -0.2) is 16.8 Å². The Morgan fingerprint density at radius 3 is 1.71 bits per heavy atom. The van der Waals surface area contributed by atoms with Crippen LogP contribution in [-0.4, -0.2) is 39.1 Å². The van der Waals surface area contributed by atoms with Crippen molar-refractivity contribution in [3.8, 4) is 0 Å². The molecule has 0 saturated carbocycles. The molecule has 0 aliphatic heterocycles. The van der Waals surface area contributed by atoms with Gasteiger partial charge in [0.25, 0.3) is 0 Å². The Bertz CT molecular complexity index is 297. The zero-order chi connectivity index (χ0) is 10.5. The summed E-state index contributed by atoms with van der Waals surface area (Å²) >= 11 is 0. The summed E-state index contributed by atoms with van der Waals surface area (Å²) in [4.78, 5) is 0. The molecule has 14 heavy (non-hydrogen) atoms. The molecule has 0 aliphatic rings. The molecule has 0 aliphatic carbocycles. The zero-order valence-corrected chi connectivity index (χ0v) is 10.0. The van der Waals surface area contributed by atoms with E-state index < -0.39 is 25.7 Å². The number of hydrogen-bond donors (Lipinski definition) is 0. The smallest absolute Gasteiger partial charge is 0.748 e. The van der Waals surface area contributed by atoms with Gasteiger partial charge in [0.2, 0.25) is 0 Å². The molecule has 0 aromatic carbocycles. The molecular weight excluding hydrogens is 223 g/mol. The number of sulfone groups is 1. The molecule has 0 amide bonds. The van der Waals surface area contributed by atoms with Crippen molar-refractivity contribution in [1.29, 1.82) is 0 Å². The number of hydrogen-bond acceptors (Lipinski definition) is 5. The minimum Gasteiger partial charge on any atom is -0.748 e. The average Bonchev–Trinajstić information content (AvgIpc) is 1.81. The maximum absolute atomic E-state index is 10.6. The summed E-state index contributed by atoms with van der Waals surface area (Å²) in [5.74, 6) is -0.358. The molecule has 5 nitrogen and oxygen atoms in total. The molecule has 0 aromatic rings. The molecule has 0 spiro atoms. The molecule has 0 N–H and O–H groups in total. The van der Waals surface area contributed by atoms with Gasteiger partial charge in [0, 0.05) is 17.8 Å². The van der Waals surface area contributed by atoms with Crippen LogP contribution in [-0.2, 0) is 20.0 Å². The van der Waals surface area contributed by atoms with Crippen molar-refractivity contribution < 1.29 is 40.2 Å². The minimum atomic E-state index is -4.14. The Labute approximate surface area is 97.1 Å². The van der Waals surface area contributed by atoms with Crippen molar-refractivity contribution in [3.63, 3.8) is 0 Å². The number of rotatable bonds is 6. The van der Waals surface area contributed by atoms with E-state index in [9.17, 15) is 21.4 Å². The monoisotopic (exact) mass is 236 g/mol. The van der Waals surface area contributed by atoms with E-state index in [-0.39, 0.29) is 31.0 Å². The molecule has 80 valence electrons. The van der Waals surface area contributed by atoms with E-state index in [2.05, 4.69) is 0 Å². The molecule has 0 aromatic heterocycles. The van der Waals surface area contributed by atoms with E-state index in [4.69, 9.17) is 0 Å². The normalized spacial score (nSPS) is 12.1. The van der Waals surface area contributed by atoms with Crippen LogP contribution < -0.4 is 18.9 Å². The average molecular weight is 236 g/mol. The first-order valence-electron chi connectivity index (χ1n) is 3.82.